The summed E-state index contributed by atoms with van der Waals surface area (Å²) in [7, 11) is 0. The Balaban J connectivity index is 2.96. The number of nitrogens with zero attached hydrogens (tertiary/aromatic N) is 1. The zero-order chi connectivity index (χ0) is 9.84. The van der Waals surface area contributed by atoms with Crippen LogP contribution in [0.5, 0.6) is 0 Å². The van der Waals surface area contributed by atoms with Crippen molar-refractivity contribution in [1.82, 2.24) is 4.98 Å². The Kier molecular flexibility index (Phi) is 3.19. The highest BCUT2D eigenvalue weighted by Gasteiger charge is 1.98. The van der Waals surface area contributed by atoms with Gasteiger partial charge in [-0.3, -0.25) is 0 Å². The van der Waals surface area contributed by atoms with Gasteiger partial charge in [-0.15, -0.1) is 0 Å². The van der Waals surface area contributed by atoms with Crippen molar-refractivity contribution in [1.29, 1.82) is 0 Å². The summed E-state index contributed by atoms with van der Waals surface area (Å²) in [6.45, 7) is 1.74. The van der Waals surface area contributed by atoms with Crippen LogP contribution >= 0.6 is 15.9 Å². The molecule has 0 radical (unpaired) electrons. The second-order valence-electron chi connectivity index (χ2n) is 2.54. The quantitative estimate of drug-likeness (QED) is 0.639. The minimum absolute atomic E-state index is 0.688. The SMILES string of the molecule is C/C(=C\C(=O)O)c1ccc(Br)nc1. The molecule has 13 heavy (non-hydrogen) atoms. The lowest BCUT2D eigenvalue weighted by Crippen LogP contribution is -1.90. The number of carbonyl (C=O) groups is 1. The predicted octanol–water partition coefficient (Wildman–Crippen LogP) is 2.33. The molecule has 0 aliphatic rings. The molecule has 1 aromatic rings. The summed E-state index contributed by atoms with van der Waals surface area (Å²) in [5, 5.41) is 8.49. The summed E-state index contributed by atoms with van der Waals surface area (Å²) < 4.78 is 0.736. The summed E-state index contributed by atoms with van der Waals surface area (Å²) in [5.74, 6) is -0.944. The van der Waals surface area contributed by atoms with Gasteiger partial charge in [0, 0.05) is 12.3 Å². The molecule has 0 aromatic carbocycles. The normalized spacial score (nSPS) is 11.4. The van der Waals surface area contributed by atoms with E-state index in [0.29, 0.717) is 5.57 Å². The molecule has 0 fully saturated rings. The maximum Gasteiger partial charge on any atom is 0.328 e. The van der Waals surface area contributed by atoms with Crippen LogP contribution < -0.4 is 0 Å². The van der Waals surface area contributed by atoms with E-state index in [1.807, 2.05) is 6.07 Å². The number of carboxylic acid groups (broad SMARTS) is 1. The first-order chi connectivity index (χ1) is 6.09. The van der Waals surface area contributed by atoms with E-state index in [1.54, 1.807) is 19.2 Å². The van der Waals surface area contributed by atoms with Gasteiger partial charge in [-0.25, -0.2) is 9.78 Å². The van der Waals surface area contributed by atoms with Crippen LogP contribution in [0.15, 0.2) is 29.0 Å². The summed E-state index contributed by atoms with van der Waals surface area (Å²) in [5.41, 5.74) is 1.50. The smallest absolute Gasteiger partial charge is 0.328 e. The lowest BCUT2D eigenvalue weighted by molar-refractivity contribution is -0.131. The average Bonchev–Trinajstić information content (AvgIpc) is 2.04. The van der Waals surface area contributed by atoms with Gasteiger partial charge in [0.15, 0.2) is 0 Å². The molecule has 0 bridgehead atoms. The van der Waals surface area contributed by atoms with Gasteiger partial charge in [0.05, 0.1) is 0 Å². The second-order valence-corrected chi connectivity index (χ2v) is 3.35. The number of halogens is 1. The van der Waals surface area contributed by atoms with E-state index >= 15 is 0 Å². The molecule has 0 unspecified atom stereocenters. The van der Waals surface area contributed by atoms with Crippen LogP contribution in [0.3, 0.4) is 0 Å². The molecular formula is C9H8BrNO2. The van der Waals surface area contributed by atoms with Gasteiger partial charge < -0.3 is 5.11 Å². The molecule has 0 saturated carbocycles. The third-order valence-corrected chi connectivity index (χ3v) is 1.99. The largest absolute Gasteiger partial charge is 0.478 e. The molecule has 68 valence electrons. The standard InChI is InChI=1S/C9H8BrNO2/c1-6(4-9(12)13)7-2-3-8(10)11-5-7/h2-5H,1H3,(H,12,13)/b6-4+. The average molecular weight is 242 g/mol. The second kappa shape index (κ2) is 4.18. The minimum atomic E-state index is -0.944. The molecule has 0 aliphatic carbocycles. The molecule has 1 rings (SSSR count). The highest BCUT2D eigenvalue weighted by molar-refractivity contribution is 9.10. The summed E-state index contributed by atoms with van der Waals surface area (Å²) in [4.78, 5) is 14.3. The molecule has 3 nitrogen and oxygen atoms in total. The maximum absolute atomic E-state index is 10.3. The Morgan fingerprint density at radius 2 is 2.31 bits per heavy atom. The number of hydrogen-bond acceptors (Lipinski definition) is 2. The molecule has 1 N–H and O–H groups in total. The van der Waals surface area contributed by atoms with Crippen LogP contribution in [0.4, 0.5) is 0 Å². The number of aromatic nitrogens is 1. The Labute approximate surface area is 84.2 Å². The van der Waals surface area contributed by atoms with Crippen molar-refractivity contribution in [3.05, 3.63) is 34.6 Å². The van der Waals surface area contributed by atoms with Gasteiger partial charge in [0.25, 0.3) is 0 Å². The number of aliphatic carboxylic acids is 1. The highest BCUT2D eigenvalue weighted by Crippen LogP contribution is 2.14. The monoisotopic (exact) mass is 241 g/mol. The van der Waals surface area contributed by atoms with E-state index in [9.17, 15) is 4.79 Å². The van der Waals surface area contributed by atoms with Crippen LogP contribution in [0.1, 0.15) is 12.5 Å². The first kappa shape index (κ1) is 9.92. The van der Waals surface area contributed by atoms with E-state index in [0.717, 1.165) is 16.2 Å². The van der Waals surface area contributed by atoms with Gasteiger partial charge in [0.1, 0.15) is 4.60 Å². The van der Waals surface area contributed by atoms with Crippen LogP contribution in [0.25, 0.3) is 5.57 Å². The van der Waals surface area contributed by atoms with Gasteiger partial charge in [-0.1, -0.05) is 6.07 Å². The van der Waals surface area contributed by atoms with Crippen LogP contribution in [0.2, 0.25) is 0 Å². The zero-order valence-electron chi connectivity index (χ0n) is 6.99. The zero-order valence-corrected chi connectivity index (χ0v) is 8.58. The van der Waals surface area contributed by atoms with Gasteiger partial charge in [0.2, 0.25) is 0 Å². The minimum Gasteiger partial charge on any atom is -0.478 e. The van der Waals surface area contributed by atoms with Crippen molar-refractivity contribution in [2.75, 3.05) is 0 Å². The first-order valence-corrected chi connectivity index (χ1v) is 4.42. The molecule has 1 heterocycles. The molecule has 4 heteroatoms. The fourth-order valence-electron chi connectivity index (χ4n) is 0.878. The van der Waals surface area contributed by atoms with Crippen LogP contribution in [-0.4, -0.2) is 16.1 Å². The molecule has 0 saturated heterocycles. The number of allylic oxidation sites excluding steroid dienone is 1. The first-order valence-electron chi connectivity index (χ1n) is 3.63. The number of carboxylic acids is 1. The molecule has 0 atom stereocenters. The van der Waals surface area contributed by atoms with Crippen molar-refractivity contribution in [2.24, 2.45) is 0 Å². The van der Waals surface area contributed by atoms with E-state index in [4.69, 9.17) is 5.11 Å². The Hall–Kier alpha value is -1.16. The van der Waals surface area contributed by atoms with E-state index in [1.165, 1.54) is 0 Å². The van der Waals surface area contributed by atoms with Crippen LogP contribution in [-0.2, 0) is 4.79 Å². The molecule has 1 aromatic heterocycles. The van der Waals surface area contributed by atoms with Crippen molar-refractivity contribution in [3.63, 3.8) is 0 Å². The van der Waals surface area contributed by atoms with Crippen molar-refractivity contribution >= 4 is 27.5 Å². The summed E-state index contributed by atoms with van der Waals surface area (Å²) in [6, 6.07) is 3.58. The highest BCUT2D eigenvalue weighted by atomic mass is 79.9. The number of rotatable bonds is 2. The van der Waals surface area contributed by atoms with Gasteiger partial charge >= 0.3 is 5.97 Å². The van der Waals surface area contributed by atoms with Crippen molar-refractivity contribution < 1.29 is 9.90 Å². The third kappa shape index (κ3) is 2.99. The lowest BCUT2D eigenvalue weighted by Gasteiger charge is -1.98. The van der Waals surface area contributed by atoms with Gasteiger partial charge in [-0.2, -0.15) is 0 Å². The maximum atomic E-state index is 10.3. The summed E-state index contributed by atoms with van der Waals surface area (Å²) in [6.07, 6.45) is 2.78. The van der Waals surface area contributed by atoms with E-state index in [2.05, 4.69) is 20.9 Å². The Morgan fingerprint density at radius 3 is 2.77 bits per heavy atom. The number of pyridine rings is 1. The lowest BCUT2D eigenvalue weighted by atomic mass is 10.1. The predicted molar refractivity (Wildman–Crippen MR) is 53.2 cm³/mol. The fourth-order valence-corrected chi connectivity index (χ4v) is 1.11. The molecular weight excluding hydrogens is 234 g/mol. The molecule has 0 amide bonds. The Morgan fingerprint density at radius 1 is 1.62 bits per heavy atom. The third-order valence-electron chi connectivity index (χ3n) is 1.52. The summed E-state index contributed by atoms with van der Waals surface area (Å²) >= 11 is 3.20. The van der Waals surface area contributed by atoms with Crippen molar-refractivity contribution in [3.8, 4) is 0 Å². The van der Waals surface area contributed by atoms with Crippen molar-refractivity contribution in [2.45, 2.75) is 6.92 Å². The van der Waals surface area contributed by atoms with E-state index in [-0.39, 0.29) is 0 Å². The molecule has 0 spiro atoms. The fraction of sp³-hybridized carbons (Fsp3) is 0.111. The van der Waals surface area contributed by atoms with E-state index < -0.39 is 5.97 Å². The number of hydrogen-bond donors (Lipinski definition) is 1. The Bertz CT molecular complexity index is 343. The topological polar surface area (TPSA) is 50.2 Å². The van der Waals surface area contributed by atoms with Gasteiger partial charge in [-0.05, 0) is 40.1 Å². The van der Waals surface area contributed by atoms with Crippen LogP contribution in [0, 0.1) is 0 Å². The molecule has 0 aliphatic heterocycles.